The van der Waals surface area contributed by atoms with Crippen LogP contribution in [0.4, 0.5) is 4.39 Å². The third-order valence-corrected chi connectivity index (χ3v) is 5.38. The summed E-state index contributed by atoms with van der Waals surface area (Å²) in [5.41, 5.74) is 2.54. The summed E-state index contributed by atoms with van der Waals surface area (Å²) in [4.78, 5) is 28.9. The number of piperazine rings is 1. The fourth-order valence-electron chi connectivity index (χ4n) is 3.54. The molecule has 3 aromatic rings. The standard InChI is InChI=1S/C23H23FN4O2/c1-17-3-6-20(15-21(17)24)23(30)27-13-11-26(12-14-27)22(29)19-7-4-18(5-8-19)16-28-10-2-9-25-28/h2-10,15H,11-14,16H2,1H3. The van der Waals surface area contributed by atoms with Crippen LogP contribution < -0.4 is 0 Å². The van der Waals surface area contributed by atoms with Crippen LogP contribution in [0, 0.1) is 12.7 Å². The lowest BCUT2D eigenvalue weighted by atomic mass is 10.1. The van der Waals surface area contributed by atoms with E-state index in [4.69, 9.17) is 0 Å². The molecule has 6 nitrogen and oxygen atoms in total. The highest BCUT2D eigenvalue weighted by atomic mass is 19.1. The van der Waals surface area contributed by atoms with Crippen molar-refractivity contribution in [1.29, 1.82) is 0 Å². The Morgan fingerprint density at radius 2 is 1.53 bits per heavy atom. The number of carbonyl (C=O) groups is 2. The van der Waals surface area contributed by atoms with Crippen LogP contribution in [0.5, 0.6) is 0 Å². The Labute approximate surface area is 174 Å². The topological polar surface area (TPSA) is 58.4 Å². The summed E-state index contributed by atoms with van der Waals surface area (Å²) < 4.78 is 15.6. The average Bonchev–Trinajstić information content (AvgIpc) is 3.28. The summed E-state index contributed by atoms with van der Waals surface area (Å²) in [6.07, 6.45) is 3.63. The zero-order chi connectivity index (χ0) is 21.1. The molecule has 0 saturated carbocycles. The molecule has 154 valence electrons. The molecule has 7 heteroatoms. The Hall–Kier alpha value is -3.48. The highest BCUT2D eigenvalue weighted by Crippen LogP contribution is 2.15. The number of halogens is 1. The highest BCUT2D eigenvalue weighted by molar-refractivity contribution is 5.96. The number of amides is 2. The van der Waals surface area contributed by atoms with Gasteiger partial charge in [0.15, 0.2) is 0 Å². The van der Waals surface area contributed by atoms with Gasteiger partial charge in [-0.05, 0) is 48.4 Å². The molecular formula is C23H23FN4O2. The van der Waals surface area contributed by atoms with Crippen molar-refractivity contribution < 1.29 is 14.0 Å². The van der Waals surface area contributed by atoms with Crippen molar-refractivity contribution in [2.45, 2.75) is 13.5 Å². The molecular weight excluding hydrogens is 383 g/mol. The van der Waals surface area contributed by atoms with Crippen LogP contribution >= 0.6 is 0 Å². The molecule has 0 atom stereocenters. The van der Waals surface area contributed by atoms with Crippen LogP contribution in [-0.4, -0.2) is 57.6 Å². The van der Waals surface area contributed by atoms with Gasteiger partial charge in [-0.15, -0.1) is 0 Å². The van der Waals surface area contributed by atoms with Crippen molar-refractivity contribution in [3.05, 3.63) is 89.0 Å². The second-order valence-corrected chi connectivity index (χ2v) is 7.45. The molecule has 0 spiro atoms. The van der Waals surface area contributed by atoms with Gasteiger partial charge in [-0.2, -0.15) is 5.10 Å². The predicted octanol–water partition coefficient (Wildman–Crippen LogP) is 2.98. The predicted molar refractivity (Wildman–Crippen MR) is 111 cm³/mol. The van der Waals surface area contributed by atoms with E-state index in [1.165, 1.54) is 6.07 Å². The third kappa shape index (κ3) is 4.25. The summed E-state index contributed by atoms with van der Waals surface area (Å²) in [5.74, 6) is -0.635. The van der Waals surface area contributed by atoms with Gasteiger partial charge in [0.25, 0.3) is 11.8 Å². The molecule has 1 saturated heterocycles. The lowest BCUT2D eigenvalue weighted by molar-refractivity contribution is 0.0535. The van der Waals surface area contributed by atoms with Crippen LogP contribution in [0.25, 0.3) is 0 Å². The SMILES string of the molecule is Cc1ccc(C(=O)N2CCN(C(=O)c3ccc(Cn4cccn4)cc3)CC2)cc1F. The summed E-state index contributed by atoms with van der Waals surface area (Å²) >= 11 is 0. The van der Waals surface area contributed by atoms with Crippen LogP contribution in [0.15, 0.2) is 60.9 Å². The van der Waals surface area contributed by atoms with Gasteiger partial charge < -0.3 is 9.80 Å². The van der Waals surface area contributed by atoms with Gasteiger partial charge in [0, 0.05) is 49.7 Å². The first-order valence-corrected chi connectivity index (χ1v) is 9.92. The Morgan fingerprint density at radius 1 is 0.933 bits per heavy atom. The van der Waals surface area contributed by atoms with Gasteiger partial charge >= 0.3 is 0 Å². The number of benzene rings is 2. The van der Waals surface area contributed by atoms with Crippen molar-refractivity contribution in [2.24, 2.45) is 0 Å². The fraction of sp³-hybridized carbons (Fsp3) is 0.261. The van der Waals surface area contributed by atoms with Gasteiger partial charge in [0.2, 0.25) is 0 Å². The fourth-order valence-corrected chi connectivity index (χ4v) is 3.54. The maximum absolute atomic E-state index is 13.8. The Bertz CT molecular complexity index is 1040. The van der Waals surface area contributed by atoms with Gasteiger partial charge in [0.1, 0.15) is 5.82 Å². The minimum absolute atomic E-state index is 0.0471. The summed E-state index contributed by atoms with van der Waals surface area (Å²) in [7, 11) is 0. The van der Waals surface area contributed by atoms with Gasteiger partial charge in [-0.1, -0.05) is 18.2 Å². The van der Waals surface area contributed by atoms with E-state index in [0.717, 1.165) is 5.56 Å². The Morgan fingerprint density at radius 3 is 2.10 bits per heavy atom. The number of nitrogens with zero attached hydrogens (tertiary/aromatic N) is 4. The molecule has 0 aliphatic carbocycles. The lowest BCUT2D eigenvalue weighted by Crippen LogP contribution is -2.50. The van der Waals surface area contributed by atoms with E-state index in [1.807, 2.05) is 41.2 Å². The van der Waals surface area contributed by atoms with Crippen molar-refractivity contribution in [2.75, 3.05) is 26.2 Å². The monoisotopic (exact) mass is 406 g/mol. The molecule has 1 aliphatic heterocycles. The van der Waals surface area contributed by atoms with Crippen molar-refractivity contribution >= 4 is 11.8 Å². The van der Waals surface area contributed by atoms with Crippen LogP contribution in [-0.2, 0) is 6.54 Å². The van der Waals surface area contributed by atoms with E-state index >= 15 is 0 Å². The normalized spacial score (nSPS) is 14.1. The Kier molecular flexibility index (Phi) is 5.61. The molecule has 0 N–H and O–H groups in total. The molecule has 2 aromatic carbocycles. The van der Waals surface area contributed by atoms with Gasteiger partial charge in [0.05, 0.1) is 6.54 Å². The van der Waals surface area contributed by atoms with E-state index in [0.29, 0.717) is 49.4 Å². The lowest BCUT2D eigenvalue weighted by Gasteiger charge is -2.35. The number of aryl methyl sites for hydroxylation is 1. The molecule has 30 heavy (non-hydrogen) atoms. The van der Waals surface area contributed by atoms with Crippen molar-refractivity contribution in [3.63, 3.8) is 0 Å². The second-order valence-electron chi connectivity index (χ2n) is 7.45. The highest BCUT2D eigenvalue weighted by Gasteiger charge is 2.25. The zero-order valence-corrected chi connectivity index (χ0v) is 16.8. The quantitative estimate of drug-likeness (QED) is 0.669. The first-order chi connectivity index (χ1) is 14.5. The van der Waals surface area contributed by atoms with Crippen molar-refractivity contribution in [3.8, 4) is 0 Å². The summed E-state index contributed by atoms with van der Waals surface area (Å²) in [6.45, 7) is 4.08. The molecule has 1 fully saturated rings. The Balaban J connectivity index is 1.34. The molecule has 1 aliphatic rings. The number of carbonyl (C=O) groups excluding carboxylic acids is 2. The first-order valence-electron chi connectivity index (χ1n) is 9.92. The molecule has 2 heterocycles. The van der Waals surface area contributed by atoms with E-state index in [1.54, 1.807) is 35.1 Å². The zero-order valence-electron chi connectivity index (χ0n) is 16.8. The third-order valence-electron chi connectivity index (χ3n) is 5.38. The minimum atomic E-state index is -0.384. The van der Waals surface area contributed by atoms with Crippen molar-refractivity contribution in [1.82, 2.24) is 19.6 Å². The van der Waals surface area contributed by atoms with Gasteiger partial charge in [-0.3, -0.25) is 14.3 Å². The summed E-state index contributed by atoms with van der Waals surface area (Å²) in [6, 6.07) is 13.9. The first kappa shape index (κ1) is 19.8. The average molecular weight is 406 g/mol. The van der Waals surface area contributed by atoms with Crippen LogP contribution in [0.1, 0.15) is 31.8 Å². The van der Waals surface area contributed by atoms with E-state index in [2.05, 4.69) is 5.10 Å². The maximum atomic E-state index is 13.8. The number of hydrogen-bond acceptors (Lipinski definition) is 3. The molecule has 0 radical (unpaired) electrons. The maximum Gasteiger partial charge on any atom is 0.254 e. The number of rotatable bonds is 4. The minimum Gasteiger partial charge on any atom is -0.335 e. The molecule has 1 aromatic heterocycles. The van der Waals surface area contributed by atoms with E-state index in [-0.39, 0.29) is 17.6 Å². The summed E-state index contributed by atoms with van der Waals surface area (Å²) in [5, 5.41) is 4.18. The number of aromatic nitrogens is 2. The number of hydrogen-bond donors (Lipinski definition) is 0. The molecule has 4 rings (SSSR count). The van der Waals surface area contributed by atoms with E-state index < -0.39 is 0 Å². The van der Waals surface area contributed by atoms with E-state index in [9.17, 15) is 14.0 Å². The van der Waals surface area contributed by atoms with Crippen LogP contribution in [0.3, 0.4) is 0 Å². The van der Waals surface area contributed by atoms with Crippen LogP contribution in [0.2, 0.25) is 0 Å². The largest absolute Gasteiger partial charge is 0.335 e. The smallest absolute Gasteiger partial charge is 0.254 e. The molecule has 2 amide bonds. The van der Waals surface area contributed by atoms with Gasteiger partial charge in [-0.25, -0.2) is 4.39 Å². The second kappa shape index (κ2) is 8.49. The molecule has 0 bridgehead atoms. The molecule has 0 unspecified atom stereocenters.